The van der Waals surface area contributed by atoms with E-state index in [-0.39, 0.29) is 18.2 Å². The number of carboxylic acids is 1. The first-order chi connectivity index (χ1) is 9.57. The number of hydrogen-bond acceptors (Lipinski definition) is 2. The fourth-order valence-corrected chi connectivity index (χ4v) is 2.48. The number of carbonyl (C=O) groups excluding carboxylic acids is 1. The first kappa shape index (κ1) is 14.3. The third-order valence-corrected chi connectivity index (χ3v) is 3.91. The molecule has 1 unspecified atom stereocenters. The maximum Gasteiger partial charge on any atom is 0.329 e. The molecule has 1 aliphatic carbocycles. The van der Waals surface area contributed by atoms with Gasteiger partial charge in [-0.2, -0.15) is 0 Å². The minimum Gasteiger partial charge on any atom is -0.480 e. The summed E-state index contributed by atoms with van der Waals surface area (Å²) in [5.74, 6) is -1.27. The molecule has 0 heterocycles. The summed E-state index contributed by atoms with van der Waals surface area (Å²) in [5, 5.41) is 11.9. The van der Waals surface area contributed by atoms with Crippen molar-refractivity contribution in [2.75, 3.05) is 0 Å². The quantitative estimate of drug-likeness (QED) is 0.782. The van der Waals surface area contributed by atoms with Gasteiger partial charge in [-0.05, 0) is 24.8 Å². The zero-order valence-corrected chi connectivity index (χ0v) is 11.3. The molecule has 2 rings (SSSR count). The van der Waals surface area contributed by atoms with Crippen LogP contribution in [0, 0.1) is 0 Å². The fourth-order valence-electron chi connectivity index (χ4n) is 2.48. The van der Waals surface area contributed by atoms with Crippen molar-refractivity contribution in [1.82, 2.24) is 5.32 Å². The normalized spacial score (nSPS) is 17.6. The Kier molecular flexibility index (Phi) is 4.23. The lowest BCUT2D eigenvalue weighted by molar-refractivity contribution is -0.151. The van der Waals surface area contributed by atoms with Crippen LogP contribution in [0.1, 0.15) is 37.2 Å². The van der Waals surface area contributed by atoms with E-state index < -0.39 is 11.5 Å². The molecule has 4 heteroatoms. The number of benzene rings is 1. The molecule has 1 aromatic carbocycles. The second-order valence-corrected chi connectivity index (χ2v) is 5.25. The summed E-state index contributed by atoms with van der Waals surface area (Å²) >= 11 is 0. The molecular formula is C16H19NO3. The van der Waals surface area contributed by atoms with Crippen molar-refractivity contribution in [1.29, 1.82) is 0 Å². The molecule has 0 spiro atoms. The van der Waals surface area contributed by atoms with Gasteiger partial charge >= 0.3 is 5.97 Å². The highest BCUT2D eigenvalue weighted by Gasteiger charge is 2.45. The maximum atomic E-state index is 12.1. The summed E-state index contributed by atoms with van der Waals surface area (Å²) in [6.45, 7) is 3.76. The molecular weight excluding hydrogens is 254 g/mol. The third-order valence-electron chi connectivity index (χ3n) is 3.91. The highest BCUT2D eigenvalue weighted by Crippen LogP contribution is 2.32. The van der Waals surface area contributed by atoms with Gasteiger partial charge in [0.25, 0.3) is 0 Å². The third kappa shape index (κ3) is 2.90. The van der Waals surface area contributed by atoms with Gasteiger partial charge in [-0.25, -0.2) is 4.79 Å². The Morgan fingerprint density at radius 2 is 2.00 bits per heavy atom. The molecule has 0 aromatic heterocycles. The van der Waals surface area contributed by atoms with Crippen LogP contribution in [-0.4, -0.2) is 22.5 Å². The largest absolute Gasteiger partial charge is 0.480 e. The van der Waals surface area contributed by atoms with Crippen molar-refractivity contribution in [3.05, 3.63) is 48.6 Å². The van der Waals surface area contributed by atoms with E-state index in [1.807, 2.05) is 30.3 Å². The molecule has 1 fully saturated rings. The molecule has 0 bridgehead atoms. The zero-order chi connectivity index (χ0) is 14.6. The van der Waals surface area contributed by atoms with Crippen LogP contribution >= 0.6 is 0 Å². The molecule has 106 valence electrons. The molecule has 0 radical (unpaired) electrons. The van der Waals surface area contributed by atoms with E-state index in [0.29, 0.717) is 12.8 Å². The van der Waals surface area contributed by atoms with Crippen LogP contribution in [0.4, 0.5) is 0 Å². The topological polar surface area (TPSA) is 66.4 Å². The van der Waals surface area contributed by atoms with Crippen LogP contribution in [0.2, 0.25) is 0 Å². The second-order valence-electron chi connectivity index (χ2n) is 5.25. The van der Waals surface area contributed by atoms with E-state index in [4.69, 9.17) is 0 Å². The molecule has 1 aromatic rings. The molecule has 1 saturated carbocycles. The van der Waals surface area contributed by atoms with Crippen LogP contribution < -0.4 is 5.32 Å². The lowest BCUT2D eigenvalue weighted by atomic mass is 9.76. The molecule has 2 N–H and O–H groups in total. The van der Waals surface area contributed by atoms with Gasteiger partial charge < -0.3 is 10.4 Å². The second kappa shape index (κ2) is 5.90. The summed E-state index contributed by atoms with van der Waals surface area (Å²) in [6, 6.07) is 9.62. The average Bonchev–Trinajstić information content (AvgIpc) is 2.40. The molecule has 4 nitrogen and oxygen atoms in total. The van der Waals surface area contributed by atoms with Gasteiger partial charge in [-0.15, -0.1) is 6.58 Å². The van der Waals surface area contributed by atoms with Crippen molar-refractivity contribution < 1.29 is 14.7 Å². The first-order valence-corrected chi connectivity index (χ1v) is 6.79. The van der Waals surface area contributed by atoms with E-state index in [0.717, 1.165) is 12.0 Å². The number of hydrogen-bond donors (Lipinski definition) is 2. The Morgan fingerprint density at radius 3 is 2.45 bits per heavy atom. The van der Waals surface area contributed by atoms with Gasteiger partial charge in [0.2, 0.25) is 5.91 Å². The highest BCUT2D eigenvalue weighted by atomic mass is 16.4. The number of nitrogens with one attached hydrogen (secondary N) is 1. The number of carbonyl (C=O) groups is 2. The van der Waals surface area contributed by atoms with E-state index in [9.17, 15) is 14.7 Å². The first-order valence-electron chi connectivity index (χ1n) is 6.79. The standard InChI is InChI=1S/C16H19NO3/c1-2-12(13-7-4-3-5-8-13)11-14(18)17-16(15(19)20)9-6-10-16/h2-5,7-8,12H,1,6,9-11H2,(H,17,18)(H,19,20). The summed E-state index contributed by atoms with van der Waals surface area (Å²) in [6.07, 6.45) is 3.82. The van der Waals surface area contributed by atoms with Gasteiger partial charge in [0.15, 0.2) is 0 Å². The smallest absolute Gasteiger partial charge is 0.329 e. The van der Waals surface area contributed by atoms with E-state index in [1.54, 1.807) is 6.08 Å². The van der Waals surface area contributed by atoms with E-state index >= 15 is 0 Å². The minimum absolute atomic E-state index is 0.0953. The van der Waals surface area contributed by atoms with Gasteiger partial charge in [-0.3, -0.25) is 4.79 Å². The highest BCUT2D eigenvalue weighted by molar-refractivity contribution is 5.88. The van der Waals surface area contributed by atoms with Crippen molar-refractivity contribution in [3.63, 3.8) is 0 Å². The van der Waals surface area contributed by atoms with Gasteiger partial charge in [0.1, 0.15) is 5.54 Å². The summed E-state index contributed by atoms with van der Waals surface area (Å²) < 4.78 is 0. The number of rotatable bonds is 6. The predicted octanol–water partition coefficient (Wildman–Crippen LogP) is 2.47. The van der Waals surface area contributed by atoms with Gasteiger partial charge in [0.05, 0.1) is 0 Å². The number of allylic oxidation sites excluding steroid dienone is 1. The maximum absolute atomic E-state index is 12.1. The molecule has 1 aliphatic rings. The zero-order valence-electron chi connectivity index (χ0n) is 11.3. The van der Waals surface area contributed by atoms with E-state index in [1.165, 1.54) is 0 Å². The predicted molar refractivity (Wildman–Crippen MR) is 76.4 cm³/mol. The SMILES string of the molecule is C=CC(CC(=O)NC1(C(=O)O)CCC1)c1ccccc1. The van der Waals surface area contributed by atoms with Crippen molar-refractivity contribution in [2.24, 2.45) is 0 Å². The van der Waals surface area contributed by atoms with Crippen molar-refractivity contribution in [2.45, 2.75) is 37.1 Å². The Hall–Kier alpha value is -2.10. The molecule has 0 saturated heterocycles. The lowest BCUT2D eigenvalue weighted by Gasteiger charge is -2.38. The molecule has 1 amide bonds. The van der Waals surface area contributed by atoms with Crippen LogP contribution in [0.3, 0.4) is 0 Å². The summed E-state index contributed by atoms with van der Waals surface area (Å²) in [7, 11) is 0. The number of carboxylic acid groups (broad SMARTS) is 1. The number of aliphatic carboxylic acids is 1. The molecule has 1 atom stereocenters. The van der Waals surface area contributed by atoms with Crippen LogP contribution in [0.25, 0.3) is 0 Å². The number of amides is 1. The Morgan fingerprint density at radius 1 is 1.35 bits per heavy atom. The Labute approximate surface area is 118 Å². The molecule has 0 aliphatic heterocycles. The van der Waals surface area contributed by atoms with Crippen molar-refractivity contribution in [3.8, 4) is 0 Å². The molecule has 20 heavy (non-hydrogen) atoms. The van der Waals surface area contributed by atoms with Crippen LogP contribution in [0.5, 0.6) is 0 Å². The van der Waals surface area contributed by atoms with E-state index in [2.05, 4.69) is 11.9 Å². The minimum atomic E-state index is -1.04. The monoisotopic (exact) mass is 273 g/mol. The summed E-state index contributed by atoms with van der Waals surface area (Å²) in [4.78, 5) is 23.3. The van der Waals surface area contributed by atoms with Gasteiger partial charge in [-0.1, -0.05) is 36.4 Å². The van der Waals surface area contributed by atoms with Crippen LogP contribution in [-0.2, 0) is 9.59 Å². The Bertz CT molecular complexity index is 506. The van der Waals surface area contributed by atoms with Crippen molar-refractivity contribution >= 4 is 11.9 Å². The van der Waals surface area contributed by atoms with Crippen LogP contribution in [0.15, 0.2) is 43.0 Å². The summed E-state index contributed by atoms with van der Waals surface area (Å²) in [5.41, 5.74) is -0.0323. The average molecular weight is 273 g/mol. The van der Waals surface area contributed by atoms with Gasteiger partial charge in [0, 0.05) is 12.3 Å². The Balaban J connectivity index is 2.00. The fraction of sp³-hybridized carbons (Fsp3) is 0.375. The lowest BCUT2D eigenvalue weighted by Crippen LogP contribution is -2.59.